The van der Waals surface area contributed by atoms with Crippen LogP contribution in [0.4, 0.5) is 5.82 Å². The van der Waals surface area contributed by atoms with Crippen molar-refractivity contribution >= 4 is 22.6 Å². The van der Waals surface area contributed by atoms with Crippen molar-refractivity contribution in [1.29, 1.82) is 0 Å². The van der Waals surface area contributed by atoms with Crippen LogP contribution >= 0.6 is 0 Å². The molecule has 2 fully saturated rings. The lowest BCUT2D eigenvalue weighted by molar-refractivity contribution is -0.134. The Morgan fingerprint density at radius 3 is 2.62 bits per heavy atom. The highest BCUT2D eigenvalue weighted by Gasteiger charge is 2.33. The molecule has 2 aliphatic heterocycles. The van der Waals surface area contributed by atoms with E-state index in [1.54, 1.807) is 12.1 Å². The van der Waals surface area contributed by atoms with E-state index in [2.05, 4.69) is 27.6 Å². The van der Waals surface area contributed by atoms with Gasteiger partial charge in [-0.25, -0.2) is 9.97 Å². The van der Waals surface area contributed by atoms with E-state index in [1.165, 1.54) is 0 Å². The zero-order valence-electron chi connectivity index (χ0n) is 18.2. The molecule has 8 heteroatoms. The number of rotatable bonds is 4. The molecule has 1 unspecified atom stereocenters. The third-order valence-corrected chi connectivity index (χ3v) is 6.33. The van der Waals surface area contributed by atoms with Gasteiger partial charge in [0.1, 0.15) is 11.6 Å². The van der Waals surface area contributed by atoms with Gasteiger partial charge in [-0.05, 0) is 37.7 Å². The number of piperazine rings is 1. The molecule has 3 aromatic rings. The number of benzene rings is 2. The van der Waals surface area contributed by atoms with Crippen molar-refractivity contribution in [3.05, 3.63) is 48.5 Å². The maximum atomic E-state index is 13.0. The smallest absolute Gasteiger partial charge is 0.239 e. The van der Waals surface area contributed by atoms with E-state index in [9.17, 15) is 9.90 Å². The van der Waals surface area contributed by atoms with Gasteiger partial charge in [-0.1, -0.05) is 24.3 Å². The van der Waals surface area contributed by atoms with E-state index in [4.69, 9.17) is 4.98 Å². The third-order valence-electron chi connectivity index (χ3n) is 6.33. The van der Waals surface area contributed by atoms with Gasteiger partial charge in [0, 0.05) is 44.2 Å². The molecule has 8 nitrogen and oxygen atoms in total. The first-order valence-corrected chi connectivity index (χ1v) is 11.1. The molecule has 2 atom stereocenters. The Morgan fingerprint density at radius 1 is 1.06 bits per heavy atom. The molecule has 32 heavy (non-hydrogen) atoms. The van der Waals surface area contributed by atoms with Gasteiger partial charge in [0.25, 0.3) is 0 Å². The van der Waals surface area contributed by atoms with Crippen LogP contribution in [-0.2, 0) is 4.79 Å². The van der Waals surface area contributed by atoms with E-state index in [0.717, 1.165) is 37.1 Å². The average molecular weight is 433 g/mol. The van der Waals surface area contributed by atoms with E-state index in [-0.39, 0.29) is 23.7 Å². The van der Waals surface area contributed by atoms with Crippen LogP contribution in [0.5, 0.6) is 5.75 Å². The number of phenols is 1. The molecule has 3 N–H and O–H groups in total. The second-order valence-corrected chi connectivity index (χ2v) is 8.60. The first-order chi connectivity index (χ1) is 15.6. The molecule has 0 saturated carbocycles. The van der Waals surface area contributed by atoms with E-state index >= 15 is 0 Å². The number of aromatic nitrogens is 2. The Hall–Kier alpha value is -3.23. The molecule has 2 aliphatic rings. The summed E-state index contributed by atoms with van der Waals surface area (Å²) in [7, 11) is 2.09. The van der Waals surface area contributed by atoms with E-state index in [1.807, 2.05) is 41.3 Å². The fraction of sp³-hybridized carbons (Fsp3) is 0.375. The minimum absolute atomic E-state index is 0.0759. The van der Waals surface area contributed by atoms with Gasteiger partial charge in [-0.3, -0.25) is 4.79 Å². The molecule has 5 rings (SSSR count). The first kappa shape index (κ1) is 20.7. The van der Waals surface area contributed by atoms with Crippen LogP contribution in [-0.4, -0.2) is 82.6 Å². The second-order valence-electron chi connectivity index (χ2n) is 8.60. The summed E-state index contributed by atoms with van der Waals surface area (Å²) in [6.07, 6.45) is 0.704. The first-order valence-electron chi connectivity index (χ1n) is 11.1. The number of aromatic hydroxyl groups is 1. The monoisotopic (exact) mass is 432 g/mol. The van der Waals surface area contributed by atoms with Crippen LogP contribution in [0.15, 0.2) is 48.5 Å². The van der Waals surface area contributed by atoms with Crippen molar-refractivity contribution in [2.75, 3.05) is 45.1 Å². The van der Waals surface area contributed by atoms with Crippen LogP contribution in [0, 0.1) is 0 Å². The van der Waals surface area contributed by atoms with Gasteiger partial charge in [-0.15, -0.1) is 0 Å². The van der Waals surface area contributed by atoms with Gasteiger partial charge < -0.3 is 25.5 Å². The van der Waals surface area contributed by atoms with Gasteiger partial charge >= 0.3 is 0 Å². The van der Waals surface area contributed by atoms with Crippen molar-refractivity contribution in [3.8, 4) is 17.1 Å². The van der Waals surface area contributed by atoms with Crippen LogP contribution in [0.2, 0.25) is 0 Å². The maximum absolute atomic E-state index is 13.0. The molecule has 0 aliphatic carbocycles. The maximum Gasteiger partial charge on any atom is 0.239 e. The molecule has 0 spiro atoms. The summed E-state index contributed by atoms with van der Waals surface area (Å²) in [6.45, 7) is 4.09. The Morgan fingerprint density at radius 2 is 1.81 bits per heavy atom. The second kappa shape index (κ2) is 8.72. The van der Waals surface area contributed by atoms with Crippen molar-refractivity contribution in [2.45, 2.75) is 18.5 Å². The summed E-state index contributed by atoms with van der Waals surface area (Å²) in [5, 5.41) is 18.1. The molecular weight excluding hydrogens is 404 g/mol. The standard InChI is InChI=1S/C24H28N6O2/c1-29-10-12-30(13-11-29)24(32)20-14-16(15-25-20)26-22-17-6-2-4-8-19(17)27-23(28-22)18-7-3-5-9-21(18)31/h2-9,16,20,25,31H,10-15H2,1H3,(H,26,27,28)/t16?,20-/m1/s1. The molecular formula is C24H28N6O2. The average Bonchev–Trinajstić information content (AvgIpc) is 3.28. The van der Waals surface area contributed by atoms with Crippen LogP contribution < -0.4 is 10.6 Å². The Labute approximate surface area is 187 Å². The number of carbonyl (C=O) groups excluding carboxylic acids is 1. The number of phenolic OH excluding ortho intramolecular Hbond substituents is 1. The number of carbonyl (C=O) groups is 1. The number of anilines is 1. The van der Waals surface area contributed by atoms with Gasteiger partial charge in [0.05, 0.1) is 17.1 Å². The van der Waals surface area contributed by atoms with Crippen LogP contribution in [0.25, 0.3) is 22.3 Å². The highest BCUT2D eigenvalue weighted by molar-refractivity contribution is 5.91. The molecule has 2 aromatic carbocycles. The minimum Gasteiger partial charge on any atom is -0.507 e. The SMILES string of the molecule is CN1CCN(C(=O)[C@H]2CC(Nc3nc(-c4ccccc4O)nc4ccccc34)CN2)CC1. The summed E-state index contributed by atoms with van der Waals surface area (Å²) < 4.78 is 0. The normalized spacial score (nSPS) is 21.7. The highest BCUT2D eigenvalue weighted by atomic mass is 16.3. The Kier molecular flexibility index (Phi) is 5.63. The van der Waals surface area contributed by atoms with Gasteiger partial charge in [0.15, 0.2) is 5.82 Å². The fourth-order valence-electron chi connectivity index (χ4n) is 4.44. The number of para-hydroxylation sites is 2. The molecule has 1 aromatic heterocycles. The zero-order valence-corrected chi connectivity index (χ0v) is 18.2. The molecule has 3 heterocycles. The number of nitrogens with one attached hydrogen (secondary N) is 2. The van der Waals surface area contributed by atoms with Gasteiger partial charge in [-0.2, -0.15) is 0 Å². The summed E-state index contributed by atoms with van der Waals surface area (Å²) in [5.74, 6) is 1.52. The predicted octanol–water partition coefficient (Wildman–Crippen LogP) is 1.92. The Bertz CT molecular complexity index is 1130. The summed E-state index contributed by atoms with van der Waals surface area (Å²) in [4.78, 5) is 26.6. The summed E-state index contributed by atoms with van der Waals surface area (Å²) in [6, 6.07) is 14.8. The third kappa shape index (κ3) is 4.11. The molecule has 166 valence electrons. The topological polar surface area (TPSA) is 93.6 Å². The predicted molar refractivity (Wildman–Crippen MR) is 125 cm³/mol. The lowest BCUT2D eigenvalue weighted by atomic mass is 10.1. The minimum atomic E-state index is -0.179. The lowest BCUT2D eigenvalue weighted by Gasteiger charge is -2.34. The van der Waals surface area contributed by atoms with Gasteiger partial charge in [0.2, 0.25) is 5.91 Å². The van der Waals surface area contributed by atoms with Crippen LogP contribution in [0.1, 0.15) is 6.42 Å². The molecule has 1 amide bonds. The summed E-state index contributed by atoms with van der Waals surface area (Å²) in [5.41, 5.74) is 1.40. The van der Waals surface area contributed by atoms with Crippen molar-refractivity contribution in [2.24, 2.45) is 0 Å². The zero-order chi connectivity index (χ0) is 22.1. The summed E-state index contributed by atoms with van der Waals surface area (Å²) >= 11 is 0. The Balaban J connectivity index is 1.36. The fourth-order valence-corrected chi connectivity index (χ4v) is 4.44. The van der Waals surface area contributed by atoms with Crippen molar-refractivity contribution in [3.63, 3.8) is 0 Å². The number of fused-ring (bicyclic) bond motifs is 1. The number of hydrogen-bond acceptors (Lipinski definition) is 7. The van der Waals surface area contributed by atoms with E-state index < -0.39 is 0 Å². The largest absolute Gasteiger partial charge is 0.507 e. The number of nitrogens with zero attached hydrogens (tertiary/aromatic N) is 4. The van der Waals surface area contributed by atoms with Crippen molar-refractivity contribution in [1.82, 2.24) is 25.1 Å². The van der Waals surface area contributed by atoms with Crippen LogP contribution in [0.3, 0.4) is 0 Å². The number of amides is 1. The van der Waals surface area contributed by atoms with E-state index in [0.29, 0.717) is 30.2 Å². The molecule has 0 radical (unpaired) electrons. The lowest BCUT2D eigenvalue weighted by Crippen LogP contribution is -2.52. The number of likely N-dealkylation sites (N-methyl/N-ethyl adjacent to an activating group) is 1. The molecule has 0 bridgehead atoms. The highest BCUT2D eigenvalue weighted by Crippen LogP contribution is 2.30. The van der Waals surface area contributed by atoms with Crippen molar-refractivity contribution < 1.29 is 9.90 Å². The quantitative estimate of drug-likeness (QED) is 0.580. The molecule has 2 saturated heterocycles. The number of hydrogen-bond donors (Lipinski definition) is 3.